The van der Waals surface area contributed by atoms with Crippen molar-refractivity contribution in [3.63, 3.8) is 0 Å². The van der Waals surface area contributed by atoms with Crippen molar-refractivity contribution in [3.8, 4) is 5.75 Å². The van der Waals surface area contributed by atoms with Crippen LogP contribution in [0, 0.1) is 0 Å². The molecule has 0 saturated heterocycles. The van der Waals surface area contributed by atoms with Crippen molar-refractivity contribution < 1.29 is 27.2 Å². The van der Waals surface area contributed by atoms with Crippen LogP contribution in [-0.2, 0) is 21.2 Å². The van der Waals surface area contributed by atoms with E-state index in [2.05, 4.69) is 10.6 Å². The molecule has 3 amide bonds. The Morgan fingerprint density at radius 3 is 2.61 bits per heavy atom. The highest BCUT2D eigenvalue weighted by Crippen LogP contribution is 2.25. The highest BCUT2D eigenvalue weighted by Gasteiger charge is 2.23. The summed E-state index contributed by atoms with van der Waals surface area (Å²) in [6.45, 7) is 3.76. The number of sulfonamides is 1. The van der Waals surface area contributed by atoms with Gasteiger partial charge in [0.05, 0.1) is 31.6 Å². The number of ether oxygens (including phenoxy) is 1. The van der Waals surface area contributed by atoms with Crippen molar-refractivity contribution in [2.75, 3.05) is 13.7 Å². The zero-order chi connectivity index (χ0) is 20.7. The lowest BCUT2D eigenvalue weighted by Gasteiger charge is -2.15. The molecule has 10 heteroatoms. The third kappa shape index (κ3) is 5.49. The SMILES string of the molecule is CCOc1ccc(CC(=O)NC(C)c2ccoc2)cc1S(=O)(=O)NC(=O)NC. The maximum absolute atomic E-state index is 12.5. The Labute approximate surface area is 163 Å². The number of amides is 3. The van der Waals surface area contributed by atoms with Crippen LogP contribution in [-0.4, -0.2) is 34.0 Å². The minimum absolute atomic E-state index is 0.0446. The highest BCUT2D eigenvalue weighted by molar-refractivity contribution is 7.90. The van der Waals surface area contributed by atoms with Crippen molar-refractivity contribution in [1.29, 1.82) is 0 Å². The fraction of sp³-hybridized carbons (Fsp3) is 0.333. The van der Waals surface area contributed by atoms with Gasteiger partial charge in [0, 0.05) is 12.6 Å². The first-order valence-electron chi connectivity index (χ1n) is 8.58. The first-order chi connectivity index (χ1) is 13.3. The van der Waals surface area contributed by atoms with E-state index in [1.807, 2.05) is 11.6 Å². The Morgan fingerprint density at radius 2 is 2.00 bits per heavy atom. The largest absolute Gasteiger partial charge is 0.492 e. The number of hydrogen-bond acceptors (Lipinski definition) is 6. The summed E-state index contributed by atoms with van der Waals surface area (Å²) in [5.74, 6) is -0.199. The van der Waals surface area contributed by atoms with E-state index in [1.54, 1.807) is 19.1 Å². The maximum atomic E-state index is 12.5. The van der Waals surface area contributed by atoms with Crippen LogP contribution < -0.4 is 20.1 Å². The molecule has 0 fully saturated rings. The van der Waals surface area contributed by atoms with Crippen LogP contribution >= 0.6 is 0 Å². The molecule has 9 nitrogen and oxygen atoms in total. The lowest BCUT2D eigenvalue weighted by Crippen LogP contribution is -2.37. The lowest BCUT2D eigenvalue weighted by molar-refractivity contribution is -0.121. The molecule has 0 aliphatic rings. The molecule has 1 heterocycles. The standard InChI is InChI=1S/C18H23N3O6S/c1-4-27-15-6-5-13(9-16(15)28(24,25)21-18(23)19-3)10-17(22)20-12(2)14-7-8-26-11-14/h5-9,11-12H,4,10H2,1-3H3,(H,20,22)(H2,19,21,23). The Balaban J connectivity index is 2.21. The van der Waals surface area contributed by atoms with Gasteiger partial charge < -0.3 is 19.8 Å². The van der Waals surface area contributed by atoms with E-state index in [0.717, 1.165) is 5.56 Å². The average molecular weight is 409 g/mol. The number of rotatable bonds is 8. The van der Waals surface area contributed by atoms with Crippen LogP contribution in [0.5, 0.6) is 5.75 Å². The minimum Gasteiger partial charge on any atom is -0.492 e. The Hall–Kier alpha value is -3.01. The van der Waals surface area contributed by atoms with Gasteiger partial charge >= 0.3 is 6.03 Å². The lowest BCUT2D eigenvalue weighted by atomic mass is 10.1. The van der Waals surface area contributed by atoms with E-state index in [9.17, 15) is 18.0 Å². The third-order valence-corrected chi connectivity index (χ3v) is 5.19. The Morgan fingerprint density at radius 1 is 1.25 bits per heavy atom. The predicted molar refractivity (Wildman–Crippen MR) is 101 cm³/mol. The van der Waals surface area contributed by atoms with Crippen molar-refractivity contribution in [3.05, 3.63) is 47.9 Å². The number of urea groups is 1. The van der Waals surface area contributed by atoms with Gasteiger partial charge in [-0.1, -0.05) is 6.07 Å². The van der Waals surface area contributed by atoms with E-state index < -0.39 is 16.1 Å². The molecular weight excluding hydrogens is 386 g/mol. The van der Waals surface area contributed by atoms with Gasteiger partial charge in [-0.3, -0.25) is 4.79 Å². The van der Waals surface area contributed by atoms with Gasteiger partial charge in [0.15, 0.2) is 0 Å². The zero-order valence-electron chi connectivity index (χ0n) is 15.8. The number of carbonyl (C=O) groups excluding carboxylic acids is 2. The summed E-state index contributed by atoms with van der Waals surface area (Å²) in [5.41, 5.74) is 1.27. The summed E-state index contributed by atoms with van der Waals surface area (Å²) in [4.78, 5) is 23.5. The molecule has 0 aliphatic heterocycles. The van der Waals surface area contributed by atoms with Crippen molar-refractivity contribution >= 4 is 22.0 Å². The van der Waals surface area contributed by atoms with Gasteiger partial charge in [0.1, 0.15) is 10.6 Å². The summed E-state index contributed by atoms with van der Waals surface area (Å²) < 4.78 is 37.2. The van der Waals surface area contributed by atoms with E-state index in [4.69, 9.17) is 9.15 Å². The van der Waals surface area contributed by atoms with Gasteiger partial charge in [0.25, 0.3) is 10.0 Å². The van der Waals surface area contributed by atoms with E-state index in [-0.39, 0.29) is 35.6 Å². The molecule has 1 aromatic carbocycles. The Bertz CT molecular complexity index is 925. The molecule has 2 rings (SSSR count). The summed E-state index contributed by atoms with van der Waals surface area (Å²) in [6, 6.07) is 5.00. The predicted octanol–water partition coefficient (Wildman–Crippen LogP) is 1.72. The summed E-state index contributed by atoms with van der Waals surface area (Å²) in [7, 11) is -2.87. The molecule has 0 bridgehead atoms. The average Bonchev–Trinajstić information content (AvgIpc) is 3.17. The van der Waals surface area contributed by atoms with Crippen LogP contribution in [0.3, 0.4) is 0 Å². The first-order valence-corrected chi connectivity index (χ1v) is 10.1. The van der Waals surface area contributed by atoms with E-state index in [1.165, 1.54) is 31.7 Å². The minimum atomic E-state index is -4.17. The smallest absolute Gasteiger partial charge is 0.328 e. The van der Waals surface area contributed by atoms with E-state index >= 15 is 0 Å². The molecule has 0 saturated carbocycles. The zero-order valence-corrected chi connectivity index (χ0v) is 16.6. The number of hydrogen-bond donors (Lipinski definition) is 3. The molecular formula is C18H23N3O6S. The second kappa shape index (κ2) is 9.27. The topological polar surface area (TPSA) is 127 Å². The van der Waals surface area contributed by atoms with Gasteiger partial charge in [0.2, 0.25) is 5.91 Å². The first kappa shape index (κ1) is 21.3. The number of nitrogens with one attached hydrogen (secondary N) is 3. The van der Waals surface area contributed by atoms with Gasteiger partial charge in [-0.05, 0) is 37.6 Å². The third-order valence-electron chi connectivity index (χ3n) is 3.84. The van der Waals surface area contributed by atoms with Crippen LogP contribution in [0.4, 0.5) is 4.79 Å². The fourth-order valence-electron chi connectivity index (χ4n) is 2.46. The van der Waals surface area contributed by atoms with Crippen LogP contribution in [0.25, 0.3) is 0 Å². The van der Waals surface area contributed by atoms with Crippen LogP contribution in [0.15, 0.2) is 46.1 Å². The van der Waals surface area contributed by atoms with Gasteiger partial charge in [-0.25, -0.2) is 17.9 Å². The second-order valence-corrected chi connectivity index (χ2v) is 7.57. The number of carbonyl (C=O) groups is 2. The van der Waals surface area contributed by atoms with Crippen LogP contribution in [0.1, 0.15) is 31.0 Å². The highest BCUT2D eigenvalue weighted by atomic mass is 32.2. The monoisotopic (exact) mass is 409 g/mol. The number of furan rings is 1. The summed E-state index contributed by atoms with van der Waals surface area (Å²) >= 11 is 0. The fourth-order valence-corrected chi connectivity index (χ4v) is 3.61. The quantitative estimate of drug-likeness (QED) is 0.609. The summed E-state index contributed by atoms with van der Waals surface area (Å²) in [5, 5.41) is 4.99. The molecule has 3 N–H and O–H groups in total. The van der Waals surface area contributed by atoms with E-state index in [0.29, 0.717) is 5.56 Å². The molecule has 0 radical (unpaired) electrons. The van der Waals surface area contributed by atoms with Gasteiger partial charge in [-0.15, -0.1) is 0 Å². The van der Waals surface area contributed by atoms with Crippen molar-refractivity contribution in [2.24, 2.45) is 0 Å². The molecule has 0 aliphatic carbocycles. The molecule has 1 unspecified atom stereocenters. The van der Waals surface area contributed by atoms with Gasteiger partial charge in [-0.2, -0.15) is 0 Å². The van der Waals surface area contributed by atoms with Crippen molar-refractivity contribution in [2.45, 2.75) is 31.2 Å². The van der Waals surface area contributed by atoms with Crippen molar-refractivity contribution in [1.82, 2.24) is 15.4 Å². The Kier molecular flexibility index (Phi) is 7.05. The molecule has 0 spiro atoms. The van der Waals surface area contributed by atoms with Crippen LogP contribution in [0.2, 0.25) is 0 Å². The molecule has 2 aromatic rings. The number of benzene rings is 1. The second-order valence-electron chi connectivity index (χ2n) is 5.92. The normalized spacial score (nSPS) is 12.1. The molecule has 1 aromatic heterocycles. The molecule has 1 atom stereocenters. The summed E-state index contributed by atoms with van der Waals surface area (Å²) in [6.07, 6.45) is 3.01. The molecule has 28 heavy (non-hydrogen) atoms. The maximum Gasteiger partial charge on any atom is 0.328 e. The molecule has 152 valence electrons.